The first kappa shape index (κ1) is 17.8. The van der Waals surface area contributed by atoms with E-state index in [0.29, 0.717) is 11.5 Å². The van der Waals surface area contributed by atoms with E-state index in [4.69, 9.17) is 9.47 Å². The quantitative estimate of drug-likeness (QED) is 0.561. The molecule has 0 fully saturated rings. The second-order valence-electron chi connectivity index (χ2n) is 4.74. The zero-order valence-corrected chi connectivity index (χ0v) is 15.0. The third-order valence-electron chi connectivity index (χ3n) is 3.12. The first-order valence-corrected chi connectivity index (χ1v) is 7.95. The highest BCUT2D eigenvalue weighted by Gasteiger charge is 2.08. The molecule has 24 heavy (non-hydrogen) atoms. The molecule has 0 atom stereocenters. The van der Waals surface area contributed by atoms with Gasteiger partial charge in [0.1, 0.15) is 0 Å². The molecule has 126 valence electrons. The minimum absolute atomic E-state index is 0.133. The molecule has 6 nitrogen and oxygen atoms in total. The van der Waals surface area contributed by atoms with Gasteiger partial charge in [0.15, 0.2) is 11.5 Å². The molecular weight excluding hydrogens is 374 g/mol. The summed E-state index contributed by atoms with van der Waals surface area (Å²) in [7, 11) is 3.13. The second-order valence-corrected chi connectivity index (χ2v) is 5.60. The van der Waals surface area contributed by atoms with Gasteiger partial charge in [-0.15, -0.1) is 0 Å². The lowest BCUT2D eigenvalue weighted by molar-refractivity contribution is -0.119. The number of halogens is 1. The Morgan fingerprint density at radius 1 is 1.17 bits per heavy atom. The van der Waals surface area contributed by atoms with Crippen LogP contribution in [0.5, 0.6) is 11.5 Å². The molecular formula is C17H18BrN3O3. The monoisotopic (exact) mass is 391 g/mol. The van der Waals surface area contributed by atoms with Gasteiger partial charge in [0, 0.05) is 15.7 Å². The Bertz CT molecular complexity index is 721. The summed E-state index contributed by atoms with van der Waals surface area (Å²) in [6.45, 7) is 0.133. The van der Waals surface area contributed by atoms with Crippen LogP contribution in [0.15, 0.2) is 52.0 Å². The summed E-state index contributed by atoms with van der Waals surface area (Å²) in [5.41, 5.74) is 4.10. The summed E-state index contributed by atoms with van der Waals surface area (Å²) in [5.74, 6) is 0.948. The molecule has 2 aromatic rings. The van der Waals surface area contributed by atoms with Gasteiger partial charge in [-0.3, -0.25) is 4.79 Å². The van der Waals surface area contributed by atoms with E-state index >= 15 is 0 Å². The number of ether oxygens (including phenoxy) is 2. The van der Waals surface area contributed by atoms with Crippen LogP contribution in [0.3, 0.4) is 0 Å². The van der Waals surface area contributed by atoms with E-state index in [9.17, 15) is 4.79 Å². The largest absolute Gasteiger partial charge is 0.493 e. The van der Waals surface area contributed by atoms with E-state index in [1.54, 1.807) is 26.4 Å². The van der Waals surface area contributed by atoms with Gasteiger partial charge in [0.25, 0.3) is 5.91 Å². The van der Waals surface area contributed by atoms with Crippen LogP contribution >= 0.6 is 15.9 Å². The minimum Gasteiger partial charge on any atom is -0.493 e. The van der Waals surface area contributed by atoms with Crippen molar-refractivity contribution in [2.24, 2.45) is 5.10 Å². The number of carbonyl (C=O) groups excluding carboxylic acids is 1. The van der Waals surface area contributed by atoms with Crippen LogP contribution in [0.25, 0.3) is 0 Å². The van der Waals surface area contributed by atoms with Crippen molar-refractivity contribution in [3.8, 4) is 11.5 Å². The van der Waals surface area contributed by atoms with Crippen LogP contribution in [-0.4, -0.2) is 32.9 Å². The third kappa shape index (κ3) is 4.99. The number of para-hydroxylation sites is 1. The van der Waals surface area contributed by atoms with E-state index in [0.717, 1.165) is 15.7 Å². The normalized spacial score (nSPS) is 10.5. The SMILES string of the molecule is COc1cc(Br)c(/C=N\NC(=O)CNc2ccccc2)cc1OC. The summed E-state index contributed by atoms with van der Waals surface area (Å²) in [6.07, 6.45) is 1.53. The molecule has 0 radical (unpaired) electrons. The molecule has 2 aromatic carbocycles. The van der Waals surface area contributed by atoms with Gasteiger partial charge in [-0.1, -0.05) is 18.2 Å². The van der Waals surface area contributed by atoms with Crippen molar-refractivity contribution in [1.29, 1.82) is 0 Å². The average Bonchev–Trinajstić information content (AvgIpc) is 2.61. The molecule has 0 heterocycles. The van der Waals surface area contributed by atoms with Gasteiger partial charge in [-0.25, -0.2) is 5.43 Å². The van der Waals surface area contributed by atoms with Crippen LogP contribution in [0, 0.1) is 0 Å². The summed E-state index contributed by atoms with van der Waals surface area (Å²) >= 11 is 3.43. The zero-order chi connectivity index (χ0) is 17.4. The maximum Gasteiger partial charge on any atom is 0.259 e. The Kier molecular flexibility index (Phi) is 6.62. The van der Waals surface area contributed by atoms with E-state index in [2.05, 4.69) is 31.8 Å². The van der Waals surface area contributed by atoms with Gasteiger partial charge < -0.3 is 14.8 Å². The number of hydrogen-bond donors (Lipinski definition) is 2. The molecule has 0 aromatic heterocycles. The van der Waals surface area contributed by atoms with Crippen LogP contribution in [0.1, 0.15) is 5.56 Å². The number of benzene rings is 2. The highest BCUT2D eigenvalue weighted by atomic mass is 79.9. The molecule has 2 N–H and O–H groups in total. The first-order chi connectivity index (χ1) is 11.6. The predicted octanol–water partition coefficient (Wildman–Crippen LogP) is 3.03. The molecule has 0 bridgehead atoms. The van der Waals surface area contributed by atoms with Gasteiger partial charge in [0.05, 0.1) is 27.0 Å². The van der Waals surface area contributed by atoms with E-state index in [1.165, 1.54) is 6.21 Å². The first-order valence-electron chi connectivity index (χ1n) is 7.16. The van der Waals surface area contributed by atoms with Gasteiger partial charge >= 0.3 is 0 Å². The molecule has 0 saturated carbocycles. The third-order valence-corrected chi connectivity index (χ3v) is 3.81. The van der Waals surface area contributed by atoms with Crippen LogP contribution in [0.4, 0.5) is 5.69 Å². The average molecular weight is 392 g/mol. The Labute approximate surface area is 149 Å². The number of nitrogens with one attached hydrogen (secondary N) is 2. The van der Waals surface area contributed by atoms with E-state index in [-0.39, 0.29) is 12.5 Å². The lowest BCUT2D eigenvalue weighted by Gasteiger charge is -2.09. The number of nitrogens with zero attached hydrogens (tertiary/aromatic N) is 1. The summed E-state index contributed by atoms with van der Waals surface area (Å²) in [6, 6.07) is 13.0. The molecule has 0 aliphatic heterocycles. The van der Waals surface area contributed by atoms with Crippen molar-refractivity contribution in [2.45, 2.75) is 0 Å². The van der Waals surface area contributed by atoms with Crippen molar-refractivity contribution >= 4 is 33.7 Å². The molecule has 0 spiro atoms. The number of amides is 1. The Morgan fingerprint density at radius 2 is 1.83 bits per heavy atom. The van der Waals surface area contributed by atoms with Crippen LogP contribution in [-0.2, 0) is 4.79 Å². The predicted molar refractivity (Wildman–Crippen MR) is 97.9 cm³/mol. The molecule has 0 saturated heterocycles. The highest BCUT2D eigenvalue weighted by molar-refractivity contribution is 9.10. The molecule has 0 aliphatic carbocycles. The maximum absolute atomic E-state index is 11.8. The van der Waals surface area contributed by atoms with Crippen molar-refractivity contribution in [2.75, 3.05) is 26.1 Å². The zero-order valence-electron chi connectivity index (χ0n) is 13.4. The molecule has 7 heteroatoms. The van der Waals surface area contributed by atoms with Crippen LogP contribution < -0.4 is 20.2 Å². The topological polar surface area (TPSA) is 72.0 Å². The maximum atomic E-state index is 11.8. The number of rotatable bonds is 7. The standard InChI is InChI=1S/C17H18BrN3O3/c1-23-15-8-12(14(18)9-16(15)24-2)10-20-21-17(22)11-19-13-6-4-3-5-7-13/h3-10,19H,11H2,1-2H3,(H,21,22)/b20-10-. The second kappa shape index (κ2) is 8.93. The molecule has 1 amide bonds. The Hall–Kier alpha value is -2.54. The fourth-order valence-electron chi connectivity index (χ4n) is 1.92. The fraction of sp³-hybridized carbons (Fsp3) is 0.176. The lowest BCUT2D eigenvalue weighted by Crippen LogP contribution is -2.25. The fourth-order valence-corrected chi connectivity index (χ4v) is 2.35. The number of methoxy groups -OCH3 is 2. The summed E-state index contributed by atoms with van der Waals surface area (Å²) in [4.78, 5) is 11.8. The Balaban J connectivity index is 1.92. The number of hydrazone groups is 1. The van der Waals surface area contributed by atoms with E-state index in [1.807, 2.05) is 30.3 Å². The van der Waals surface area contributed by atoms with Gasteiger partial charge in [-0.2, -0.15) is 5.10 Å². The van der Waals surface area contributed by atoms with Crippen molar-refractivity contribution in [1.82, 2.24) is 5.43 Å². The summed E-state index contributed by atoms with van der Waals surface area (Å²) < 4.78 is 11.2. The van der Waals surface area contributed by atoms with Gasteiger partial charge in [0.2, 0.25) is 0 Å². The van der Waals surface area contributed by atoms with Gasteiger partial charge in [-0.05, 0) is 40.2 Å². The lowest BCUT2D eigenvalue weighted by atomic mass is 10.2. The Morgan fingerprint density at radius 3 is 2.50 bits per heavy atom. The molecule has 0 unspecified atom stereocenters. The van der Waals surface area contributed by atoms with Crippen molar-refractivity contribution < 1.29 is 14.3 Å². The smallest absolute Gasteiger partial charge is 0.259 e. The number of hydrogen-bond acceptors (Lipinski definition) is 5. The number of anilines is 1. The van der Waals surface area contributed by atoms with Crippen LogP contribution in [0.2, 0.25) is 0 Å². The molecule has 2 rings (SSSR count). The minimum atomic E-state index is -0.244. The molecule has 0 aliphatic rings. The number of carbonyl (C=O) groups is 1. The highest BCUT2D eigenvalue weighted by Crippen LogP contribution is 2.32. The van der Waals surface area contributed by atoms with Crippen molar-refractivity contribution in [3.63, 3.8) is 0 Å². The van der Waals surface area contributed by atoms with E-state index < -0.39 is 0 Å². The summed E-state index contributed by atoms with van der Waals surface area (Å²) in [5, 5.41) is 6.96. The van der Waals surface area contributed by atoms with Crippen molar-refractivity contribution in [3.05, 3.63) is 52.5 Å².